The van der Waals surface area contributed by atoms with Gasteiger partial charge in [-0.1, -0.05) is 0 Å². The van der Waals surface area contributed by atoms with E-state index in [4.69, 9.17) is 0 Å². The van der Waals surface area contributed by atoms with Crippen molar-refractivity contribution in [2.75, 3.05) is 0 Å². The molecule has 0 atom stereocenters. The quantitative estimate of drug-likeness (QED) is 0.690. The number of halogens is 2. The van der Waals surface area contributed by atoms with E-state index in [0.717, 1.165) is 5.34 Å². The summed E-state index contributed by atoms with van der Waals surface area (Å²) in [6.07, 6.45) is 5.83. The molecule has 9 heavy (non-hydrogen) atoms. The topological polar surface area (TPSA) is 28.7 Å². The molecule has 0 unspecified atom stereocenters. The van der Waals surface area contributed by atoms with E-state index in [1.54, 1.807) is 12.4 Å². The molecule has 0 fully saturated rings. The van der Waals surface area contributed by atoms with E-state index < -0.39 is 0 Å². The van der Waals surface area contributed by atoms with E-state index in [-0.39, 0.29) is 26.2 Å². The smallest absolute Gasteiger partial charge is 0.467 e. The van der Waals surface area contributed by atoms with Gasteiger partial charge in [0, 0.05) is 0 Å². The van der Waals surface area contributed by atoms with Crippen LogP contribution in [0.4, 0.5) is 0 Å². The van der Waals surface area contributed by atoms with E-state index in [9.17, 15) is 0 Å². The molecule has 0 amide bonds. The number of hydrogen-bond donors (Lipinski definition) is 1. The molecule has 0 saturated carbocycles. The van der Waals surface area contributed by atoms with Crippen molar-refractivity contribution in [1.29, 1.82) is 0 Å². The normalized spacial score (nSPS) is 6.44. The Balaban J connectivity index is 0. The summed E-state index contributed by atoms with van der Waals surface area (Å²) in [6.45, 7) is 0. The zero-order valence-electron chi connectivity index (χ0n) is 4.44. The third-order valence-corrected chi connectivity index (χ3v) is 0.362. The number of nitrogens with zero attached hydrogens (tertiary/aromatic N) is 1. The molecule has 0 aliphatic rings. The van der Waals surface area contributed by atoms with Gasteiger partial charge in [-0.3, -0.25) is 0 Å². The number of aromatic amines is 1. The summed E-state index contributed by atoms with van der Waals surface area (Å²) in [4.78, 5) is 6.17. The van der Waals surface area contributed by atoms with Gasteiger partial charge in [0.05, 0.1) is 0 Å². The van der Waals surface area contributed by atoms with Crippen LogP contribution in [0.2, 0.25) is 0 Å². The van der Waals surface area contributed by atoms with Crippen molar-refractivity contribution in [2.24, 2.45) is 0 Å². The molecule has 0 radical (unpaired) electrons. The summed E-state index contributed by atoms with van der Waals surface area (Å²) in [5, 5.41) is 0.944. The van der Waals surface area contributed by atoms with E-state index in [2.05, 4.69) is 39.5 Å². The average Bonchev–Trinajstić information content (AvgIpc) is 2.17. The molecule has 48 valence electrons. The summed E-state index contributed by atoms with van der Waals surface area (Å²) < 4.78 is 0. The van der Waals surface area contributed by atoms with Gasteiger partial charge in [-0.05, 0) is 6.33 Å². The molecule has 0 spiro atoms. The number of H-pyrrole nitrogens is 1. The van der Waals surface area contributed by atoms with E-state index in [0.29, 0.717) is 0 Å². The fraction of sp³-hybridized carbons (Fsp3) is 0. The average molecular weight is 242 g/mol. The minimum atomic E-state index is 0. The largest absolute Gasteiger partial charge is 2.00 e. The Hall–Kier alpha value is 0.673. The van der Waals surface area contributed by atoms with Gasteiger partial charge in [0.2, 0.25) is 0 Å². The van der Waals surface area contributed by atoms with Crippen LogP contribution in [0, 0.1) is 11.7 Å². The Morgan fingerprint density at radius 2 is 2.11 bits per heavy atom. The Morgan fingerprint density at radius 3 is 2.22 bits per heavy atom. The predicted octanol–water partition coefficient (Wildman–Crippen LogP) is 1.79. The van der Waals surface area contributed by atoms with Crippen LogP contribution in [0.25, 0.3) is 0 Å². The van der Waals surface area contributed by atoms with Crippen LogP contribution in [0.15, 0.2) is 12.4 Å². The number of nitrogens with one attached hydrogen (secondary N) is 1. The number of rotatable bonds is 0. The Bertz CT molecular complexity index is 83.5. The van der Waals surface area contributed by atoms with Crippen molar-refractivity contribution in [3.8, 4) is 0 Å². The summed E-state index contributed by atoms with van der Waals surface area (Å²) >= 11 is 9.28. The Kier molecular flexibility index (Phi) is 15.7. The van der Waals surface area contributed by atoms with Gasteiger partial charge < -0.3 is 33.2 Å². The maximum Gasteiger partial charge on any atom is 2.00 e. The summed E-state index contributed by atoms with van der Waals surface area (Å²) in [5.74, 6) is 0. The molecule has 1 aromatic rings. The molecule has 0 saturated heterocycles. The second-order valence-corrected chi connectivity index (χ2v) is 1.44. The third kappa shape index (κ3) is 12.0. The van der Waals surface area contributed by atoms with Gasteiger partial charge in [0.15, 0.2) is 0 Å². The van der Waals surface area contributed by atoms with Gasteiger partial charge in [0.1, 0.15) is 0 Å². The standard InChI is InChI=1S/C3H3N2.CHCl2.Zr/c1-2-5-3-4-1;2-1-3;/h1-2H,(H,4,5);1H;/q2*-1;+2. The summed E-state index contributed by atoms with van der Waals surface area (Å²) in [6, 6.07) is 0. The van der Waals surface area contributed by atoms with Crippen molar-refractivity contribution in [1.82, 2.24) is 9.97 Å². The fourth-order valence-corrected chi connectivity index (χ4v) is 0.186. The van der Waals surface area contributed by atoms with Crippen molar-refractivity contribution >= 4 is 23.2 Å². The van der Waals surface area contributed by atoms with Crippen molar-refractivity contribution < 1.29 is 26.2 Å². The van der Waals surface area contributed by atoms with Crippen molar-refractivity contribution in [2.45, 2.75) is 0 Å². The zero-order valence-corrected chi connectivity index (χ0v) is 8.41. The van der Waals surface area contributed by atoms with Gasteiger partial charge in [-0.2, -0.15) is 5.34 Å². The SMILES string of the molecule is Cl[CH-]Cl.[Zr+2].[c-]1ncc[nH]1. The first-order valence-electron chi connectivity index (χ1n) is 1.79. The minimum absolute atomic E-state index is 0. The molecule has 1 heterocycles. The first-order valence-corrected chi connectivity index (χ1v) is 2.66. The van der Waals surface area contributed by atoms with Crippen LogP contribution in [0.3, 0.4) is 0 Å². The van der Waals surface area contributed by atoms with Gasteiger partial charge in [-0.15, -0.1) is 12.4 Å². The molecule has 1 aromatic heterocycles. The maximum atomic E-state index is 4.64. The van der Waals surface area contributed by atoms with Crippen LogP contribution in [-0.2, 0) is 26.2 Å². The van der Waals surface area contributed by atoms with E-state index in [1.807, 2.05) is 0 Å². The van der Waals surface area contributed by atoms with Crippen molar-refractivity contribution in [3.63, 3.8) is 0 Å². The molecule has 1 rings (SSSR count). The number of hydrogen-bond acceptors (Lipinski definition) is 1. The number of aromatic nitrogens is 2. The van der Waals surface area contributed by atoms with Gasteiger partial charge in [0.25, 0.3) is 0 Å². The summed E-state index contributed by atoms with van der Waals surface area (Å²) in [7, 11) is 0. The number of imidazole rings is 1. The maximum absolute atomic E-state index is 4.64. The van der Waals surface area contributed by atoms with Crippen molar-refractivity contribution in [3.05, 3.63) is 24.1 Å². The second-order valence-electron chi connectivity index (χ2n) is 0.783. The predicted molar refractivity (Wildman–Crippen MR) is 33.4 cm³/mol. The molecule has 2 nitrogen and oxygen atoms in total. The summed E-state index contributed by atoms with van der Waals surface area (Å²) in [5.41, 5.74) is 0. The minimum Gasteiger partial charge on any atom is -0.467 e. The zero-order chi connectivity index (χ0) is 6.24. The molecule has 5 heteroatoms. The third-order valence-electron chi connectivity index (χ3n) is 0.362. The van der Waals surface area contributed by atoms with Crippen LogP contribution in [-0.4, -0.2) is 9.97 Å². The van der Waals surface area contributed by atoms with Crippen LogP contribution in [0.1, 0.15) is 0 Å². The fourth-order valence-electron chi connectivity index (χ4n) is 0.186. The molecule has 0 aliphatic carbocycles. The van der Waals surface area contributed by atoms with Gasteiger partial charge >= 0.3 is 26.2 Å². The van der Waals surface area contributed by atoms with Crippen LogP contribution in [0.5, 0.6) is 0 Å². The second kappa shape index (κ2) is 11.5. The molecule has 1 N–H and O–H groups in total. The Labute approximate surface area is 83.1 Å². The molecule has 0 bridgehead atoms. The van der Waals surface area contributed by atoms with Crippen LogP contribution >= 0.6 is 23.2 Å². The Morgan fingerprint density at radius 1 is 1.56 bits per heavy atom. The van der Waals surface area contributed by atoms with Crippen LogP contribution < -0.4 is 0 Å². The van der Waals surface area contributed by atoms with E-state index in [1.165, 1.54) is 0 Å². The van der Waals surface area contributed by atoms with Gasteiger partial charge in [-0.25, -0.2) is 0 Å². The first kappa shape index (κ1) is 12.4. The first-order chi connectivity index (χ1) is 3.91. The molecule has 0 aromatic carbocycles. The molecular weight excluding hydrogens is 238 g/mol. The molecule has 0 aliphatic heterocycles. The monoisotopic (exact) mass is 240 g/mol. The molecular formula is C4H4Cl2N2Zr. The van der Waals surface area contributed by atoms with E-state index >= 15 is 0 Å².